The van der Waals surface area contributed by atoms with Crippen molar-refractivity contribution in [1.82, 2.24) is 9.55 Å². The van der Waals surface area contributed by atoms with Gasteiger partial charge < -0.3 is 19.1 Å². The number of fused-ring (bicyclic) bond motifs is 1. The Balaban J connectivity index is 1.53. The molecule has 0 radical (unpaired) electrons. The standard InChI is InChI=1S/C40H40N2O3/c1-5-29(2)40(43,36-23-21-32-26-37(45-30(3)44-4)24-22-31(32)25-36)38-27-42(28-41-38)39(33-15-9-6-10-16-33,34-17-11-7-12-18-34)35-19-13-8-14-20-35/h6-30,43H,5H2,1-4H3. The van der Waals surface area contributed by atoms with E-state index in [-0.39, 0.29) is 12.2 Å². The third-order valence-electron chi connectivity index (χ3n) is 9.15. The fraction of sp³-hybridized carbons (Fsp3) is 0.225. The third kappa shape index (κ3) is 5.43. The van der Waals surface area contributed by atoms with Crippen molar-refractivity contribution >= 4 is 10.8 Å². The number of benzene rings is 5. The van der Waals surface area contributed by atoms with Gasteiger partial charge in [-0.25, -0.2) is 4.98 Å². The van der Waals surface area contributed by atoms with Crippen LogP contribution < -0.4 is 4.74 Å². The van der Waals surface area contributed by atoms with Crippen molar-refractivity contribution in [2.75, 3.05) is 7.11 Å². The molecular weight excluding hydrogens is 556 g/mol. The highest BCUT2D eigenvalue weighted by Gasteiger charge is 2.43. The molecule has 0 aliphatic carbocycles. The summed E-state index contributed by atoms with van der Waals surface area (Å²) in [5.41, 5.74) is 2.67. The lowest BCUT2D eigenvalue weighted by molar-refractivity contribution is -0.0381. The Morgan fingerprint density at radius 1 is 0.711 bits per heavy atom. The van der Waals surface area contributed by atoms with Gasteiger partial charge in [0, 0.05) is 13.3 Å². The van der Waals surface area contributed by atoms with Crippen molar-refractivity contribution in [2.24, 2.45) is 5.92 Å². The lowest BCUT2D eigenvalue weighted by Crippen LogP contribution is -2.38. The average molecular weight is 597 g/mol. The summed E-state index contributed by atoms with van der Waals surface area (Å²) in [6.07, 6.45) is 4.33. The zero-order chi connectivity index (χ0) is 31.4. The van der Waals surface area contributed by atoms with Crippen molar-refractivity contribution in [2.45, 2.75) is 44.6 Å². The minimum absolute atomic E-state index is 0.108. The van der Waals surface area contributed by atoms with Crippen molar-refractivity contribution in [3.8, 4) is 5.75 Å². The number of imidazole rings is 1. The fourth-order valence-electron chi connectivity index (χ4n) is 6.44. The second-order valence-corrected chi connectivity index (χ2v) is 11.7. The molecule has 5 nitrogen and oxygen atoms in total. The van der Waals surface area contributed by atoms with Gasteiger partial charge in [0.1, 0.15) is 16.9 Å². The van der Waals surface area contributed by atoms with E-state index in [0.717, 1.165) is 45.2 Å². The van der Waals surface area contributed by atoms with E-state index >= 15 is 0 Å². The SMILES string of the molecule is CCC(C)C(O)(c1ccc2cc(OC(C)OC)ccc2c1)c1cn(C(c2ccccc2)(c2ccccc2)c2ccccc2)cn1. The predicted octanol–water partition coefficient (Wildman–Crippen LogP) is 8.53. The number of rotatable bonds is 11. The maximum absolute atomic E-state index is 12.8. The highest BCUT2D eigenvalue weighted by molar-refractivity contribution is 5.85. The summed E-state index contributed by atoms with van der Waals surface area (Å²) in [6.45, 7) is 6.06. The van der Waals surface area contributed by atoms with E-state index in [4.69, 9.17) is 14.5 Å². The Hall–Kier alpha value is -4.71. The molecule has 5 heteroatoms. The third-order valence-corrected chi connectivity index (χ3v) is 9.15. The van der Waals surface area contributed by atoms with Gasteiger partial charge in [-0.1, -0.05) is 129 Å². The molecule has 45 heavy (non-hydrogen) atoms. The predicted molar refractivity (Wildman–Crippen MR) is 180 cm³/mol. The Labute approximate surface area is 265 Å². The van der Waals surface area contributed by atoms with Crippen molar-refractivity contribution in [3.63, 3.8) is 0 Å². The second kappa shape index (κ2) is 12.7. The Kier molecular flexibility index (Phi) is 8.57. The normalized spacial score (nSPS) is 14.5. The number of aliphatic hydroxyl groups is 1. The molecule has 3 unspecified atom stereocenters. The van der Waals surface area contributed by atoms with Crippen molar-refractivity contribution in [1.29, 1.82) is 0 Å². The molecular formula is C40H40N2O3. The molecule has 5 aromatic carbocycles. The summed E-state index contributed by atoms with van der Waals surface area (Å²) in [6, 6.07) is 43.6. The average Bonchev–Trinajstić information content (AvgIpc) is 3.60. The molecule has 0 saturated carbocycles. The lowest BCUT2D eigenvalue weighted by atomic mass is 9.76. The van der Waals surface area contributed by atoms with Gasteiger partial charge >= 0.3 is 0 Å². The summed E-state index contributed by atoms with van der Waals surface area (Å²) < 4.78 is 13.3. The number of nitrogens with zero attached hydrogens (tertiary/aromatic N) is 2. The molecule has 3 atom stereocenters. The molecule has 0 aliphatic rings. The topological polar surface area (TPSA) is 56.5 Å². The van der Waals surface area contributed by atoms with Gasteiger partial charge in [0.15, 0.2) is 6.29 Å². The van der Waals surface area contributed by atoms with Crippen LogP contribution in [0.3, 0.4) is 0 Å². The first-order valence-electron chi connectivity index (χ1n) is 15.6. The van der Waals surface area contributed by atoms with E-state index in [9.17, 15) is 5.11 Å². The van der Waals surface area contributed by atoms with E-state index < -0.39 is 11.1 Å². The van der Waals surface area contributed by atoms with E-state index in [1.807, 2.05) is 68.0 Å². The van der Waals surface area contributed by atoms with Gasteiger partial charge in [0.25, 0.3) is 0 Å². The number of hydrogen-bond acceptors (Lipinski definition) is 4. The molecule has 6 aromatic rings. The Morgan fingerprint density at radius 2 is 1.24 bits per heavy atom. The fourth-order valence-corrected chi connectivity index (χ4v) is 6.44. The lowest BCUT2D eigenvalue weighted by Gasteiger charge is -2.38. The maximum atomic E-state index is 12.8. The number of ether oxygens (including phenoxy) is 2. The van der Waals surface area contributed by atoms with Crippen LogP contribution >= 0.6 is 0 Å². The van der Waals surface area contributed by atoms with Gasteiger partial charge in [0.05, 0.1) is 12.0 Å². The zero-order valence-electron chi connectivity index (χ0n) is 26.3. The van der Waals surface area contributed by atoms with Gasteiger partial charge in [-0.2, -0.15) is 0 Å². The molecule has 0 amide bonds. The van der Waals surface area contributed by atoms with Crippen LogP contribution in [0.5, 0.6) is 5.75 Å². The molecule has 228 valence electrons. The summed E-state index contributed by atoms with van der Waals surface area (Å²) in [5.74, 6) is 0.627. The zero-order valence-corrected chi connectivity index (χ0v) is 26.3. The van der Waals surface area contributed by atoms with E-state index in [2.05, 4.69) is 97.3 Å². The second-order valence-electron chi connectivity index (χ2n) is 11.7. The van der Waals surface area contributed by atoms with Crippen LogP contribution in [0.1, 0.15) is 55.1 Å². The van der Waals surface area contributed by atoms with E-state index in [0.29, 0.717) is 5.69 Å². The van der Waals surface area contributed by atoms with Crippen molar-refractivity contribution < 1.29 is 14.6 Å². The van der Waals surface area contributed by atoms with Gasteiger partial charge in [-0.3, -0.25) is 0 Å². The van der Waals surface area contributed by atoms with Gasteiger partial charge in [-0.05, 0) is 64.1 Å². The number of hydrogen-bond donors (Lipinski definition) is 1. The summed E-state index contributed by atoms with van der Waals surface area (Å²) in [7, 11) is 1.62. The molecule has 0 bridgehead atoms. The largest absolute Gasteiger partial charge is 0.465 e. The summed E-state index contributed by atoms with van der Waals surface area (Å²) in [5, 5.41) is 14.8. The molecule has 6 rings (SSSR count). The van der Waals surface area contributed by atoms with Crippen LogP contribution in [0.25, 0.3) is 10.8 Å². The monoisotopic (exact) mass is 596 g/mol. The minimum atomic E-state index is -1.33. The smallest absolute Gasteiger partial charge is 0.196 e. The van der Waals surface area contributed by atoms with Crippen LogP contribution in [0.4, 0.5) is 0 Å². The molecule has 0 fully saturated rings. The number of methoxy groups -OCH3 is 1. The molecule has 1 aromatic heterocycles. The Bertz CT molecular complexity index is 1760. The highest BCUT2D eigenvalue weighted by atomic mass is 16.7. The van der Waals surface area contributed by atoms with Crippen LogP contribution in [-0.2, 0) is 15.9 Å². The van der Waals surface area contributed by atoms with Crippen LogP contribution in [0.2, 0.25) is 0 Å². The molecule has 0 aliphatic heterocycles. The van der Waals surface area contributed by atoms with Crippen LogP contribution in [-0.4, -0.2) is 28.1 Å². The van der Waals surface area contributed by atoms with E-state index in [1.165, 1.54) is 0 Å². The van der Waals surface area contributed by atoms with Crippen molar-refractivity contribution in [3.05, 3.63) is 168 Å². The molecule has 0 spiro atoms. The molecule has 0 saturated heterocycles. The first-order chi connectivity index (χ1) is 21.9. The van der Waals surface area contributed by atoms with Gasteiger partial charge in [-0.15, -0.1) is 0 Å². The first kappa shape index (κ1) is 30.3. The highest BCUT2D eigenvalue weighted by Crippen LogP contribution is 2.44. The summed E-state index contributed by atoms with van der Waals surface area (Å²) >= 11 is 0. The minimum Gasteiger partial charge on any atom is -0.465 e. The maximum Gasteiger partial charge on any atom is 0.196 e. The van der Waals surface area contributed by atoms with E-state index in [1.54, 1.807) is 7.11 Å². The van der Waals surface area contributed by atoms with Crippen LogP contribution in [0.15, 0.2) is 140 Å². The first-order valence-corrected chi connectivity index (χ1v) is 15.6. The van der Waals surface area contributed by atoms with Crippen LogP contribution in [0, 0.1) is 5.92 Å². The van der Waals surface area contributed by atoms with Gasteiger partial charge in [0.2, 0.25) is 0 Å². The molecule has 1 heterocycles. The Morgan fingerprint density at radius 3 is 1.78 bits per heavy atom. The quantitative estimate of drug-likeness (QED) is 0.120. The molecule has 1 N–H and O–H groups in total. The number of aromatic nitrogens is 2. The summed E-state index contributed by atoms with van der Waals surface area (Å²) in [4.78, 5) is 4.99.